The molecule has 4 heterocycles. The van der Waals surface area contributed by atoms with Crippen molar-refractivity contribution in [3.63, 3.8) is 0 Å². The van der Waals surface area contributed by atoms with Crippen LogP contribution < -0.4 is 10.5 Å². The van der Waals surface area contributed by atoms with Gasteiger partial charge in [0.25, 0.3) is 0 Å². The van der Waals surface area contributed by atoms with Crippen molar-refractivity contribution in [2.45, 2.75) is 109 Å². The van der Waals surface area contributed by atoms with Crippen molar-refractivity contribution < 1.29 is 27.9 Å². The SMILES string of the molecule is CC(=O)O[C@@H]1[C@@H]2O[Si](C(C)(C)C)(C(C)(C)C)OC[C@H]2O[C@H]1n1cnc2c(OCC[Si](C)(C)C)nc(N)nc21. The number of hydrogen-bond donors (Lipinski definition) is 1. The lowest BCUT2D eigenvalue weighted by Crippen LogP contribution is -2.65. The minimum atomic E-state index is -2.84. The van der Waals surface area contributed by atoms with E-state index in [-0.39, 0.29) is 16.0 Å². The van der Waals surface area contributed by atoms with E-state index in [4.69, 9.17) is 28.8 Å². The van der Waals surface area contributed by atoms with E-state index in [1.54, 1.807) is 10.9 Å². The number of nitrogens with two attached hydrogens (primary N) is 1. The van der Waals surface area contributed by atoms with Crippen LogP contribution in [0.5, 0.6) is 5.88 Å². The molecule has 212 valence electrons. The van der Waals surface area contributed by atoms with Gasteiger partial charge >= 0.3 is 14.5 Å². The van der Waals surface area contributed by atoms with E-state index in [9.17, 15) is 4.79 Å². The van der Waals surface area contributed by atoms with E-state index in [1.165, 1.54) is 6.92 Å². The molecule has 2 saturated heterocycles. The van der Waals surface area contributed by atoms with E-state index in [0.29, 0.717) is 30.3 Å². The van der Waals surface area contributed by atoms with Crippen molar-refractivity contribution in [2.24, 2.45) is 0 Å². The lowest BCUT2D eigenvalue weighted by Gasteiger charge is -2.53. The van der Waals surface area contributed by atoms with Crippen LogP contribution in [0, 0.1) is 0 Å². The Labute approximate surface area is 227 Å². The Kier molecular flexibility index (Phi) is 7.49. The van der Waals surface area contributed by atoms with Gasteiger partial charge in [0.1, 0.15) is 12.2 Å². The zero-order valence-corrected chi connectivity index (χ0v) is 26.3. The Balaban J connectivity index is 1.71. The highest BCUT2D eigenvalue weighted by Crippen LogP contribution is 2.56. The summed E-state index contributed by atoms with van der Waals surface area (Å²) in [6, 6.07) is 0.966. The standard InChI is InChI=1S/C25H43N5O6Si2/c1-15(31)34-19-18-16(13-33-38(36-18,24(2,3)4)25(5,6)7)35-22(19)30-14-27-17-20(30)28-23(26)29-21(17)32-11-12-37(8,9)10/h14,16,18-19,22H,11-13H2,1-10H3,(H2,26,28,29)/t16-,18-,19-,22-/m1/s1. The Morgan fingerprint density at radius 2 is 1.84 bits per heavy atom. The third-order valence-corrected chi connectivity index (χ3v) is 13.9. The summed E-state index contributed by atoms with van der Waals surface area (Å²) in [4.78, 5) is 25.6. The van der Waals surface area contributed by atoms with E-state index in [2.05, 4.69) is 76.1 Å². The fourth-order valence-corrected chi connectivity index (χ4v) is 11.2. The van der Waals surface area contributed by atoms with Gasteiger partial charge in [-0.1, -0.05) is 61.2 Å². The zero-order chi connectivity index (χ0) is 28.3. The monoisotopic (exact) mass is 565 g/mol. The summed E-state index contributed by atoms with van der Waals surface area (Å²) in [5.41, 5.74) is 6.99. The molecule has 0 aromatic carbocycles. The molecule has 0 radical (unpaired) electrons. The molecule has 4 rings (SSSR count). The minimum absolute atomic E-state index is 0.0631. The summed E-state index contributed by atoms with van der Waals surface area (Å²) in [5.74, 6) is -0.0318. The first-order chi connectivity index (χ1) is 17.4. The summed E-state index contributed by atoms with van der Waals surface area (Å²) in [5, 5.41) is -0.471. The number of carbonyl (C=O) groups is 1. The predicted molar refractivity (Wildman–Crippen MR) is 149 cm³/mol. The molecule has 0 aliphatic carbocycles. The second-order valence-electron chi connectivity index (χ2n) is 13.5. The Morgan fingerprint density at radius 1 is 1.18 bits per heavy atom. The van der Waals surface area contributed by atoms with Crippen LogP contribution in [-0.2, 0) is 23.1 Å². The van der Waals surface area contributed by atoms with Gasteiger partial charge in [-0.2, -0.15) is 9.97 Å². The molecule has 0 spiro atoms. The number of nitrogen functional groups attached to an aromatic ring is 1. The molecule has 13 heteroatoms. The smallest absolute Gasteiger partial charge is 0.349 e. The highest BCUT2D eigenvalue weighted by Gasteiger charge is 2.65. The second-order valence-corrected chi connectivity index (χ2v) is 23.9. The number of aromatic nitrogens is 4. The third-order valence-electron chi connectivity index (χ3n) is 7.09. The quantitative estimate of drug-likeness (QED) is 0.396. The lowest BCUT2D eigenvalue weighted by molar-refractivity contribution is -0.155. The van der Waals surface area contributed by atoms with Crippen molar-refractivity contribution in [1.82, 2.24) is 19.5 Å². The first-order valence-electron chi connectivity index (χ1n) is 13.2. The van der Waals surface area contributed by atoms with Gasteiger partial charge in [-0.3, -0.25) is 9.36 Å². The third kappa shape index (κ3) is 5.35. The van der Waals surface area contributed by atoms with Crippen molar-refractivity contribution >= 4 is 39.7 Å². The average molecular weight is 566 g/mol. The number of anilines is 1. The Hall–Kier alpha value is -2.07. The van der Waals surface area contributed by atoms with Gasteiger partial charge in [-0.25, -0.2) is 4.98 Å². The lowest BCUT2D eigenvalue weighted by atomic mass is 10.1. The highest BCUT2D eigenvalue weighted by molar-refractivity contribution is 6.76. The fourth-order valence-electron chi connectivity index (χ4n) is 5.51. The molecule has 2 aliphatic heterocycles. The van der Waals surface area contributed by atoms with Crippen LogP contribution in [-0.4, -0.2) is 73.6 Å². The summed E-state index contributed by atoms with van der Waals surface area (Å²) in [6.45, 7) is 22.0. The first-order valence-corrected chi connectivity index (χ1v) is 18.7. The van der Waals surface area contributed by atoms with Gasteiger partial charge in [0.05, 0.1) is 19.5 Å². The van der Waals surface area contributed by atoms with Crippen LogP contribution in [0.4, 0.5) is 5.95 Å². The first kappa shape index (κ1) is 28.9. The molecule has 0 saturated carbocycles. The van der Waals surface area contributed by atoms with Crippen LogP contribution in [0.15, 0.2) is 6.33 Å². The molecule has 4 atom stereocenters. The molecule has 2 aliphatic rings. The molecular weight excluding hydrogens is 522 g/mol. The molecule has 2 fully saturated rings. The molecule has 0 amide bonds. The Morgan fingerprint density at radius 3 is 2.42 bits per heavy atom. The molecule has 38 heavy (non-hydrogen) atoms. The summed E-state index contributed by atoms with van der Waals surface area (Å²) in [6.07, 6.45) is -0.813. The van der Waals surface area contributed by atoms with Crippen LogP contribution in [0.1, 0.15) is 54.7 Å². The Bertz CT molecular complexity index is 1170. The number of rotatable bonds is 6. The minimum Gasteiger partial charge on any atom is -0.476 e. The number of imidazole rings is 1. The number of esters is 1. The van der Waals surface area contributed by atoms with Gasteiger partial charge in [0, 0.05) is 25.1 Å². The molecular formula is C25H43N5O6Si2. The molecule has 0 bridgehead atoms. The van der Waals surface area contributed by atoms with Gasteiger partial charge in [-0.15, -0.1) is 0 Å². The maximum Gasteiger partial charge on any atom is 0.349 e. The van der Waals surface area contributed by atoms with Gasteiger partial charge in [0.15, 0.2) is 23.5 Å². The van der Waals surface area contributed by atoms with Gasteiger partial charge < -0.3 is 28.8 Å². The normalized spacial score (nSPS) is 25.8. The second kappa shape index (κ2) is 9.84. The van der Waals surface area contributed by atoms with E-state index in [0.717, 1.165) is 6.04 Å². The van der Waals surface area contributed by atoms with Crippen LogP contribution in [0.25, 0.3) is 11.2 Å². The van der Waals surface area contributed by atoms with Crippen molar-refractivity contribution in [3.8, 4) is 5.88 Å². The van der Waals surface area contributed by atoms with Crippen molar-refractivity contribution in [2.75, 3.05) is 18.9 Å². The number of hydrogen-bond acceptors (Lipinski definition) is 10. The largest absolute Gasteiger partial charge is 0.476 e. The average Bonchev–Trinajstić information content (AvgIpc) is 3.31. The van der Waals surface area contributed by atoms with Gasteiger partial charge in [-0.05, 0) is 6.04 Å². The molecule has 2 aromatic rings. The molecule has 2 N–H and O–H groups in total. The molecule has 0 unspecified atom stereocenters. The molecule has 11 nitrogen and oxygen atoms in total. The number of carbonyl (C=O) groups excluding carboxylic acids is 1. The topological polar surface area (TPSA) is 133 Å². The van der Waals surface area contributed by atoms with Crippen molar-refractivity contribution in [1.29, 1.82) is 0 Å². The van der Waals surface area contributed by atoms with Crippen LogP contribution in [0.3, 0.4) is 0 Å². The maximum absolute atomic E-state index is 12.3. The predicted octanol–water partition coefficient (Wildman–Crippen LogP) is 4.41. The summed E-state index contributed by atoms with van der Waals surface area (Å²) in [7, 11) is -4.15. The van der Waals surface area contributed by atoms with E-state index < -0.39 is 47.1 Å². The fraction of sp³-hybridized carbons (Fsp3) is 0.760. The molecule has 2 aromatic heterocycles. The summed E-state index contributed by atoms with van der Waals surface area (Å²) >= 11 is 0. The maximum atomic E-state index is 12.3. The summed E-state index contributed by atoms with van der Waals surface area (Å²) < 4.78 is 33.5. The highest BCUT2D eigenvalue weighted by atomic mass is 28.4. The van der Waals surface area contributed by atoms with E-state index in [1.807, 2.05) is 0 Å². The van der Waals surface area contributed by atoms with Crippen molar-refractivity contribution in [3.05, 3.63) is 6.33 Å². The number of fused-ring (bicyclic) bond motifs is 2. The van der Waals surface area contributed by atoms with Crippen LogP contribution >= 0.6 is 0 Å². The van der Waals surface area contributed by atoms with E-state index >= 15 is 0 Å². The van der Waals surface area contributed by atoms with Crippen LogP contribution in [0.2, 0.25) is 35.8 Å². The zero-order valence-electron chi connectivity index (χ0n) is 24.3. The number of ether oxygens (including phenoxy) is 3. The number of nitrogens with zero attached hydrogens (tertiary/aromatic N) is 4. The van der Waals surface area contributed by atoms with Gasteiger partial charge in [0.2, 0.25) is 11.8 Å².